The molecule has 0 aromatic heterocycles. The molecule has 4 nitrogen and oxygen atoms in total. The first-order valence-electron chi connectivity index (χ1n) is 4.86. The summed E-state index contributed by atoms with van der Waals surface area (Å²) in [6.07, 6.45) is 0.391. The molecule has 0 unspecified atom stereocenters. The number of hydrogen-bond acceptors (Lipinski definition) is 3. The predicted octanol–water partition coefficient (Wildman–Crippen LogP) is 1.72. The molecule has 0 bridgehead atoms. The van der Waals surface area contributed by atoms with Crippen LogP contribution in [-0.2, 0) is 9.63 Å². The van der Waals surface area contributed by atoms with Crippen LogP contribution in [-0.4, -0.2) is 11.5 Å². The molecule has 0 saturated carbocycles. The smallest absolute Gasteiger partial charge is 0.253 e. The van der Waals surface area contributed by atoms with E-state index < -0.39 is 5.60 Å². The molecule has 1 heterocycles. The molecule has 15 heavy (non-hydrogen) atoms. The Balaban J connectivity index is 2.29. The average molecular weight is 206 g/mol. The van der Waals surface area contributed by atoms with E-state index in [1.165, 1.54) is 5.06 Å². The molecule has 1 aromatic carbocycles. The first-order valence-corrected chi connectivity index (χ1v) is 4.86. The van der Waals surface area contributed by atoms with Gasteiger partial charge >= 0.3 is 0 Å². The zero-order valence-corrected chi connectivity index (χ0v) is 8.86. The van der Waals surface area contributed by atoms with Crippen molar-refractivity contribution in [2.75, 3.05) is 10.8 Å². The van der Waals surface area contributed by atoms with Gasteiger partial charge in [0.05, 0.1) is 12.1 Å². The minimum atomic E-state index is -0.429. The summed E-state index contributed by atoms with van der Waals surface area (Å²) in [5.41, 5.74) is 6.52. The van der Waals surface area contributed by atoms with Gasteiger partial charge in [-0.3, -0.25) is 9.63 Å². The van der Waals surface area contributed by atoms with E-state index in [9.17, 15) is 4.79 Å². The lowest BCUT2D eigenvalue weighted by Crippen LogP contribution is -2.25. The summed E-state index contributed by atoms with van der Waals surface area (Å²) in [5, 5.41) is 1.32. The summed E-state index contributed by atoms with van der Waals surface area (Å²) in [7, 11) is 0. The van der Waals surface area contributed by atoms with Crippen molar-refractivity contribution in [2.24, 2.45) is 0 Å². The number of nitrogens with two attached hydrogens (primary N) is 1. The highest BCUT2D eigenvalue weighted by Crippen LogP contribution is 2.31. The Morgan fingerprint density at radius 2 is 2.20 bits per heavy atom. The highest BCUT2D eigenvalue weighted by molar-refractivity contribution is 5.94. The molecule has 1 saturated heterocycles. The third-order valence-corrected chi connectivity index (χ3v) is 2.25. The Morgan fingerprint density at radius 1 is 1.47 bits per heavy atom. The minimum absolute atomic E-state index is 0.0365. The lowest BCUT2D eigenvalue weighted by molar-refractivity contribution is -0.119. The number of nitrogen functional groups attached to an aromatic ring is 1. The van der Waals surface area contributed by atoms with Crippen molar-refractivity contribution in [1.82, 2.24) is 0 Å². The second-order valence-corrected chi connectivity index (χ2v) is 4.31. The highest BCUT2D eigenvalue weighted by atomic mass is 16.7. The molecule has 1 aliphatic rings. The van der Waals surface area contributed by atoms with Crippen LogP contribution in [0.1, 0.15) is 20.3 Å². The molecule has 1 aromatic rings. The molecule has 1 fully saturated rings. The number of amides is 1. The SMILES string of the molecule is CC1(C)CC(=O)N(c2cccc(N)c2)O1. The summed E-state index contributed by atoms with van der Waals surface area (Å²) >= 11 is 0. The number of nitrogens with zero attached hydrogens (tertiary/aromatic N) is 1. The van der Waals surface area contributed by atoms with E-state index in [4.69, 9.17) is 10.6 Å². The fourth-order valence-corrected chi connectivity index (χ4v) is 1.61. The van der Waals surface area contributed by atoms with Crippen molar-refractivity contribution in [3.8, 4) is 0 Å². The second kappa shape index (κ2) is 3.24. The number of hydrogen-bond donors (Lipinski definition) is 1. The Morgan fingerprint density at radius 3 is 2.73 bits per heavy atom. The quantitative estimate of drug-likeness (QED) is 0.712. The molecule has 2 rings (SSSR count). The summed E-state index contributed by atoms with van der Waals surface area (Å²) < 4.78 is 0. The summed E-state index contributed by atoms with van der Waals surface area (Å²) in [4.78, 5) is 17.2. The van der Waals surface area contributed by atoms with E-state index in [1.807, 2.05) is 13.8 Å². The number of anilines is 2. The van der Waals surface area contributed by atoms with Gasteiger partial charge in [-0.15, -0.1) is 0 Å². The van der Waals surface area contributed by atoms with Crippen LogP contribution in [0, 0.1) is 0 Å². The first kappa shape index (κ1) is 9.98. The standard InChI is InChI=1S/C11H14N2O2/c1-11(2)7-10(14)13(15-11)9-5-3-4-8(12)6-9/h3-6H,7,12H2,1-2H3. The molecule has 0 atom stereocenters. The zero-order valence-electron chi connectivity index (χ0n) is 8.86. The Kier molecular flexibility index (Phi) is 2.16. The van der Waals surface area contributed by atoms with E-state index in [1.54, 1.807) is 24.3 Å². The first-order chi connectivity index (χ1) is 6.98. The van der Waals surface area contributed by atoms with E-state index in [2.05, 4.69) is 0 Å². The molecule has 0 spiro atoms. The van der Waals surface area contributed by atoms with E-state index >= 15 is 0 Å². The van der Waals surface area contributed by atoms with Crippen molar-refractivity contribution < 1.29 is 9.63 Å². The van der Waals surface area contributed by atoms with Gasteiger partial charge in [-0.25, -0.2) is 0 Å². The molecular formula is C11H14N2O2. The molecule has 0 radical (unpaired) electrons. The summed E-state index contributed by atoms with van der Waals surface area (Å²) in [6.45, 7) is 3.77. The van der Waals surface area contributed by atoms with Crippen LogP contribution in [0.2, 0.25) is 0 Å². The molecular weight excluding hydrogens is 192 g/mol. The van der Waals surface area contributed by atoms with Crippen LogP contribution in [0.3, 0.4) is 0 Å². The van der Waals surface area contributed by atoms with Gasteiger partial charge < -0.3 is 5.73 Å². The van der Waals surface area contributed by atoms with Gasteiger partial charge in [0.2, 0.25) is 0 Å². The Hall–Kier alpha value is -1.55. The van der Waals surface area contributed by atoms with Crippen molar-refractivity contribution in [1.29, 1.82) is 0 Å². The number of hydroxylamine groups is 1. The van der Waals surface area contributed by atoms with Crippen LogP contribution in [0.15, 0.2) is 24.3 Å². The van der Waals surface area contributed by atoms with Crippen LogP contribution in [0.5, 0.6) is 0 Å². The maximum Gasteiger partial charge on any atom is 0.253 e. The zero-order chi connectivity index (χ0) is 11.1. The Labute approximate surface area is 88.6 Å². The molecule has 2 N–H and O–H groups in total. The lowest BCUT2D eigenvalue weighted by atomic mass is 10.1. The fraction of sp³-hybridized carbons (Fsp3) is 0.364. The van der Waals surface area contributed by atoms with Crippen molar-refractivity contribution in [3.05, 3.63) is 24.3 Å². The number of carbonyl (C=O) groups excluding carboxylic acids is 1. The van der Waals surface area contributed by atoms with Gasteiger partial charge in [0.1, 0.15) is 5.60 Å². The topological polar surface area (TPSA) is 55.6 Å². The summed E-state index contributed by atoms with van der Waals surface area (Å²) in [5.74, 6) is -0.0365. The van der Waals surface area contributed by atoms with E-state index in [-0.39, 0.29) is 5.91 Å². The van der Waals surface area contributed by atoms with E-state index in [0.29, 0.717) is 17.8 Å². The van der Waals surface area contributed by atoms with Gasteiger partial charge in [0.15, 0.2) is 0 Å². The van der Waals surface area contributed by atoms with Crippen molar-refractivity contribution >= 4 is 17.3 Å². The molecule has 1 aliphatic heterocycles. The van der Waals surface area contributed by atoms with Gasteiger partial charge in [-0.2, -0.15) is 5.06 Å². The largest absolute Gasteiger partial charge is 0.399 e. The normalized spacial score (nSPS) is 19.6. The summed E-state index contributed by atoms with van der Waals surface area (Å²) in [6, 6.07) is 7.09. The van der Waals surface area contributed by atoms with Crippen LogP contribution in [0.4, 0.5) is 11.4 Å². The maximum atomic E-state index is 11.7. The lowest BCUT2D eigenvalue weighted by Gasteiger charge is -2.19. The van der Waals surface area contributed by atoms with Gasteiger partial charge in [0.25, 0.3) is 5.91 Å². The molecule has 80 valence electrons. The highest BCUT2D eigenvalue weighted by Gasteiger charge is 2.38. The Bertz CT molecular complexity index is 401. The fourth-order valence-electron chi connectivity index (χ4n) is 1.61. The number of carbonyl (C=O) groups is 1. The third kappa shape index (κ3) is 1.94. The van der Waals surface area contributed by atoms with E-state index in [0.717, 1.165) is 0 Å². The number of rotatable bonds is 1. The molecule has 0 aliphatic carbocycles. The minimum Gasteiger partial charge on any atom is -0.399 e. The maximum absolute atomic E-state index is 11.7. The van der Waals surface area contributed by atoms with Crippen LogP contribution >= 0.6 is 0 Å². The average Bonchev–Trinajstić information content (AvgIpc) is 2.40. The van der Waals surface area contributed by atoms with Crippen molar-refractivity contribution in [3.63, 3.8) is 0 Å². The monoisotopic (exact) mass is 206 g/mol. The second-order valence-electron chi connectivity index (χ2n) is 4.31. The van der Waals surface area contributed by atoms with Gasteiger partial charge in [0, 0.05) is 5.69 Å². The third-order valence-electron chi connectivity index (χ3n) is 2.25. The molecule has 1 amide bonds. The van der Waals surface area contributed by atoms with Crippen molar-refractivity contribution in [2.45, 2.75) is 25.9 Å². The van der Waals surface area contributed by atoms with Gasteiger partial charge in [-0.1, -0.05) is 6.07 Å². The molecule has 4 heteroatoms. The van der Waals surface area contributed by atoms with Crippen LogP contribution in [0.25, 0.3) is 0 Å². The van der Waals surface area contributed by atoms with Crippen LogP contribution < -0.4 is 10.8 Å². The number of benzene rings is 1. The van der Waals surface area contributed by atoms with Gasteiger partial charge in [-0.05, 0) is 32.0 Å². The predicted molar refractivity (Wildman–Crippen MR) is 58.1 cm³/mol.